The summed E-state index contributed by atoms with van der Waals surface area (Å²) in [4.78, 5) is 8.92. The van der Waals surface area contributed by atoms with E-state index in [0.717, 1.165) is 17.0 Å². The second kappa shape index (κ2) is 4.13. The van der Waals surface area contributed by atoms with Gasteiger partial charge in [-0.1, -0.05) is 16.3 Å². The number of azide groups is 1. The Hall–Kier alpha value is -1.52. The van der Waals surface area contributed by atoms with Gasteiger partial charge in [0.2, 0.25) is 0 Å². The Kier molecular flexibility index (Phi) is 2.67. The van der Waals surface area contributed by atoms with Gasteiger partial charge in [0.1, 0.15) is 11.8 Å². The van der Waals surface area contributed by atoms with Gasteiger partial charge in [-0.15, -0.1) is 11.3 Å². The number of rotatable bonds is 3. The van der Waals surface area contributed by atoms with Crippen LogP contribution in [0.3, 0.4) is 0 Å². The quantitative estimate of drug-likeness (QED) is 0.427. The molecule has 0 bridgehead atoms. The van der Waals surface area contributed by atoms with Crippen molar-refractivity contribution in [2.24, 2.45) is 10.3 Å². The summed E-state index contributed by atoms with van der Waals surface area (Å²) < 4.78 is 0. The van der Waals surface area contributed by atoms with Crippen LogP contribution in [0.5, 0.6) is 0 Å². The maximum atomic E-state index is 8.14. The zero-order valence-electron chi connectivity index (χ0n) is 7.33. The van der Waals surface area contributed by atoms with Gasteiger partial charge in [-0.05, 0) is 17.0 Å². The monoisotopic (exact) mass is 208 g/mol. The van der Waals surface area contributed by atoms with E-state index in [2.05, 4.69) is 15.2 Å². The fourth-order valence-corrected chi connectivity index (χ4v) is 1.96. The van der Waals surface area contributed by atoms with Crippen molar-refractivity contribution in [3.63, 3.8) is 0 Å². The Morgan fingerprint density at radius 3 is 3.43 bits per heavy atom. The molecule has 0 aliphatic carbocycles. The molecule has 1 aliphatic rings. The molecule has 0 N–H and O–H groups in total. The molecule has 1 atom stereocenters. The fraction of sp³-hybridized carbons (Fsp3) is 0.375. The van der Waals surface area contributed by atoms with Gasteiger partial charge in [0.25, 0.3) is 0 Å². The molecule has 0 saturated carbocycles. The lowest BCUT2D eigenvalue weighted by Gasteiger charge is -2.00. The van der Waals surface area contributed by atoms with Gasteiger partial charge in [0.15, 0.2) is 0 Å². The minimum atomic E-state index is -0.0944. The molecule has 1 aromatic heterocycles. The lowest BCUT2D eigenvalue weighted by Crippen LogP contribution is -2.11. The first-order valence-electron chi connectivity index (χ1n) is 4.17. The van der Waals surface area contributed by atoms with Crippen LogP contribution in [0.25, 0.3) is 10.4 Å². The van der Waals surface area contributed by atoms with Crippen LogP contribution in [0.1, 0.15) is 11.3 Å². The maximum Gasteiger partial charge on any atom is 0.138 e. The van der Waals surface area contributed by atoms with Gasteiger partial charge in [-0.2, -0.15) is 0 Å². The minimum Gasteiger partial charge on any atom is -0.392 e. The molecule has 6 heteroatoms. The van der Waals surface area contributed by atoms with Crippen molar-refractivity contribution < 1.29 is 4.84 Å². The lowest BCUT2D eigenvalue weighted by molar-refractivity contribution is 0.0919. The molecule has 0 aromatic carbocycles. The van der Waals surface area contributed by atoms with Crippen molar-refractivity contribution in [3.8, 4) is 0 Å². The summed E-state index contributed by atoms with van der Waals surface area (Å²) in [6.45, 7) is 0.342. The SMILES string of the molecule is [N-]=[N+]=NCC1CC(c2cccs2)=NO1. The molecular weight excluding hydrogens is 200 g/mol. The largest absolute Gasteiger partial charge is 0.392 e. The lowest BCUT2D eigenvalue weighted by atomic mass is 10.1. The average Bonchev–Trinajstić information content (AvgIpc) is 2.85. The maximum absolute atomic E-state index is 8.14. The van der Waals surface area contributed by atoms with Crippen molar-refractivity contribution in [2.75, 3.05) is 6.54 Å². The zero-order valence-corrected chi connectivity index (χ0v) is 8.15. The smallest absolute Gasteiger partial charge is 0.138 e. The highest BCUT2D eigenvalue weighted by Crippen LogP contribution is 2.20. The first-order chi connectivity index (χ1) is 6.90. The van der Waals surface area contributed by atoms with E-state index in [4.69, 9.17) is 10.4 Å². The summed E-state index contributed by atoms with van der Waals surface area (Å²) in [5.74, 6) is 0. The average molecular weight is 208 g/mol. The molecule has 0 radical (unpaired) electrons. The normalized spacial score (nSPS) is 19.7. The third-order valence-electron chi connectivity index (χ3n) is 1.89. The van der Waals surface area contributed by atoms with Crippen LogP contribution in [0.15, 0.2) is 27.8 Å². The van der Waals surface area contributed by atoms with Crippen LogP contribution in [0.4, 0.5) is 0 Å². The predicted molar refractivity (Wildman–Crippen MR) is 54.4 cm³/mol. The van der Waals surface area contributed by atoms with E-state index in [1.54, 1.807) is 11.3 Å². The van der Waals surface area contributed by atoms with Crippen LogP contribution in [-0.2, 0) is 4.84 Å². The molecule has 0 spiro atoms. The van der Waals surface area contributed by atoms with Crippen LogP contribution in [0.2, 0.25) is 0 Å². The van der Waals surface area contributed by atoms with Crippen molar-refractivity contribution in [1.82, 2.24) is 0 Å². The first kappa shape index (κ1) is 9.05. The third-order valence-corrected chi connectivity index (χ3v) is 2.81. The molecular formula is C8H8N4OS. The Labute approximate surface area is 84.6 Å². The van der Waals surface area contributed by atoms with Gasteiger partial charge in [-0.25, -0.2) is 0 Å². The highest BCUT2D eigenvalue weighted by Gasteiger charge is 2.21. The minimum absolute atomic E-state index is 0.0944. The Morgan fingerprint density at radius 2 is 2.71 bits per heavy atom. The number of hydrogen-bond donors (Lipinski definition) is 0. The molecule has 72 valence electrons. The van der Waals surface area contributed by atoms with E-state index in [1.807, 2.05) is 17.5 Å². The number of hydrogen-bond acceptors (Lipinski definition) is 4. The molecule has 14 heavy (non-hydrogen) atoms. The summed E-state index contributed by atoms with van der Waals surface area (Å²) in [7, 11) is 0. The third kappa shape index (κ3) is 1.86. The highest BCUT2D eigenvalue weighted by molar-refractivity contribution is 7.12. The van der Waals surface area contributed by atoms with Crippen LogP contribution in [-0.4, -0.2) is 18.4 Å². The second-order valence-corrected chi connectivity index (χ2v) is 3.81. The topological polar surface area (TPSA) is 70.4 Å². The summed E-state index contributed by atoms with van der Waals surface area (Å²) in [5, 5.41) is 9.41. The van der Waals surface area contributed by atoms with Gasteiger partial charge in [0.05, 0.1) is 11.4 Å². The van der Waals surface area contributed by atoms with E-state index in [-0.39, 0.29) is 6.10 Å². The van der Waals surface area contributed by atoms with Crippen LogP contribution < -0.4 is 0 Å². The number of nitrogens with zero attached hydrogens (tertiary/aromatic N) is 4. The molecule has 2 heterocycles. The molecule has 0 saturated heterocycles. The summed E-state index contributed by atoms with van der Waals surface area (Å²) in [6, 6.07) is 3.98. The van der Waals surface area contributed by atoms with Crippen LogP contribution >= 0.6 is 11.3 Å². The Morgan fingerprint density at radius 1 is 1.79 bits per heavy atom. The van der Waals surface area contributed by atoms with Crippen LogP contribution in [0, 0.1) is 0 Å². The van der Waals surface area contributed by atoms with E-state index in [9.17, 15) is 0 Å². The number of thiophene rings is 1. The van der Waals surface area contributed by atoms with E-state index >= 15 is 0 Å². The molecule has 1 aromatic rings. The molecule has 0 fully saturated rings. The van der Waals surface area contributed by atoms with Crippen molar-refractivity contribution in [3.05, 3.63) is 32.8 Å². The van der Waals surface area contributed by atoms with Crippen molar-refractivity contribution in [2.45, 2.75) is 12.5 Å². The van der Waals surface area contributed by atoms with Crippen molar-refractivity contribution in [1.29, 1.82) is 0 Å². The zero-order chi connectivity index (χ0) is 9.80. The van der Waals surface area contributed by atoms with E-state index in [0.29, 0.717) is 6.54 Å². The second-order valence-electron chi connectivity index (χ2n) is 2.86. The molecule has 0 amide bonds. The summed E-state index contributed by atoms with van der Waals surface area (Å²) in [6.07, 6.45) is 0.627. The van der Waals surface area contributed by atoms with Gasteiger partial charge in [-0.3, -0.25) is 0 Å². The summed E-state index contributed by atoms with van der Waals surface area (Å²) in [5.41, 5.74) is 9.09. The molecule has 2 rings (SSSR count). The highest BCUT2D eigenvalue weighted by atomic mass is 32.1. The molecule has 1 unspecified atom stereocenters. The number of oxime groups is 1. The van der Waals surface area contributed by atoms with Crippen molar-refractivity contribution >= 4 is 17.0 Å². The van der Waals surface area contributed by atoms with Gasteiger partial charge < -0.3 is 4.84 Å². The Balaban J connectivity index is 1.97. The van der Waals surface area contributed by atoms with Gasteiger partial charge >= 0.3 is 0 Å². The summed E-state index contributed by atoms with van der Waals surface area (Å²) >= 11 is 1.63. The molecule has 5 nitrogen and oxygen atoms in total. The van der Waals surface area contributed by atoms with Gasteiger partial charge in [0, 0.05) is 11.3 Å². The molecule has 1 aliphatic heterocycles. The van der Waals surface area contributed by atoms with E-state index in [1.165, 1.54) is 0 Å². The first-order valence-corrected chi connectivity index (χ1v) is 5.05. The predicted octanol–water partition coefficient (Wildman–Crippen LogP) is 2.55. The standard InChI is InChI=1S/C8H8N4OS/c9-12-10-5-6-4-7(11-13-6)8-2-1-3-14-8/h1-3,6H,4-5H2. The Bertz CT molecular complexity index is 380. The van der Waals surface area contributed by atoms with E-state index < -0.39 is 0 Å². The fourth-order valence-electron chi connectivity index (χ4n) is 1.24.